The molecular formula is C18H26BrFN2O3. The van der Waals surface area contributed by atoms with E-state index in [9.17, 15) is 9.18 Å². The minimum Gasteiger partial charge on any atom is -0.444 e. The molecule has 1 amide bonds. The zero-order valence-corrected chi connectivity index (χ0v) is 16.7. The minimum absolute atomic E-state index is 0.0237. The molecular weight excluding hydrogens is 391 g/mol. The van der Waals surface area contributed by atoms with Gasteiger partial charge in [0.15, 0.2) is 0 Å². The third-order valence-corrected chi connectivity index (χ3v) is 4.68. The van der Waals surface area contributed by atoms with Gasteiger partial charge in [-0.15, -0.1) is 0 Å². The summed E-state index contributed by atoms with van der Waals surface area (Å²) in [5, 5.41) is 6.30. The van der Waals surface area contributed by atoms with E-state index in [0.29, 0.717) is 17.6 Å². The number of carbonyl (C=O) groups is 1. The summed E-state index contributed by atoms with van der Waals surface area (Å²) < 4.78 is 24.9. The van der Waals surface area contributed by atoms with Crippen molar-refractivity contribution in [1.82, 2.24) is 10.6 Å². The summed E-state index contributed by atoms with van der Waals surface area (Å²) in [6, 6.07) is 4.51. The minimum atomic E-state index is -0.533. The quantitative estimate of drug-likeness (QED) is 0.741. The van der Waals surface area contributed by atoms with Crippen LogP contribution in [0.5, 0.6) is 0 Å². The molecule has 0 bridgehead atoms. The molecule has 0 spiro atoms. The van der Waals surface area contributed by atoms with Crippen molar-refractivity contribution in [3.05, 3.63) is 34.1 Å². The van der Waals surface area contributed by atoms with Gasteiger partial charge in [-0.2, -0.15) is 0 Å². The van der Waals surface area contributed by atoms with Crippen LogP contribution in [0, 0.1) is 5.82 Å². The van der Waals surface area contributed by atoms with Crippen molar-refractivity contribution in [2.75, 3.05) is 6.61 Å². The molecule has 7 heteroatoms. The number of hydrogen-bond donors (Lipinski definition) is 2. The van der Waals surface area contributed by atoms with Crippen molar-refractivity contribution >= 4 is 22.0 Å². The molecule has 1 aromatic rings. The largest absolute Gasteiger partial charge is 0.444 e. The lowest BCUT2D eigenvalue weighted by molar-refractivity contribution is -0.0438. The topological polar surface area (TPSA) is 59.6 Å². The molecule has 1 saturated carbocycles. The first-order valence-corrected chi connectivity index (χ1v) is 9.27. The van der Waals surface area contributed by atoms with Crippen molar-refractivity contribution in [1.29, 1.82) is 0 Å². The van der Waals surface area contributed by atoms with Crippen molar-refractivity contribution in [3.63, 3.8) is 0 Å². The highest BCUT2D eigenvalue weighted by molar-refractivity contribution is 9.10. The maximum Gasteiger partial charge on any atom is 0.407 e. The van der Waals surface area contributed by atoms with Crippen LogP contribution in [-0.2, 0) is 16.0 Å². The van der Waals surface area contributed by atoms with Crippen LogP contribution >= 0.6 is 15.9 Å². The Balaban J connectivity index is 1.94. The fraction of sp³-hybridized carbons (Fsp3) is 0.611. The molecule has 0 radical (unpaired) electrons. The highest BCUT2D eigenvalue weighted by Gasteiger charge is 2.42. The molecule has 1 aliphatic rings. The van der Waals surface area contributed by atoms with E-state index < -0.39 is 11.7 Å². The summed E-state index contributed by atoms with van der Waals surface area (Å²) in [4.78, 5) is 12.0. The molecule has 5 nitrogen and oxygen atoms in total. The summed E-state index contributed by atoms with van der Waals surface area (Å²) in [7, 11) is 0. The van der Waals surface area contributed by atoms with E-state index in [1.54, 1.807) is 6.07 Å². The predicted molar refractivity (Wildman–Crippen MR) is 97.9 cm³/mol. The summed E-state index contributed by atoms with van der Waals surface area (Å²) in [6.07, 6.45) is 0.335. The first-order valence-electron chi connectivity index (χ1n) is 8.48. The van der Waals surface area contributed by atoms with E-state index in [-0.39, 0.29) is 24.0 Å². The molecule has 3 atom stereocenters. The van der Waals surface area contributed by atoms with E-state index in [1.807, 2.05) is 27.7 Å². The Labute approximate surface area is 156 Å². The van der Waals surface area contributed by atoms with Crippen LogP contribution in [0.3, 0.4) is 0 Å². The van der Waals surface area contributed by atoms with Crippen LogP contribution in [0.25, 0.3) is 0 Å². The molecule has 1 aromatic carbocycles. The number of alkyl carbamates (subject to hydrolysis) is 1. The van der Waals surface area contributed by atoms with Crippen molar-refractivity contribution in [2.45, 2.75) is 64.4 Å². The lowest BCUT2D eigenvalue weighted by Crippen LogP contribution is -2.66. The smallest absolute Gasteiger partial charge is 0.407 e. The van der Waals surface area contributed by atoms with Crippen LogP contribution in [-0.4, -0.2) is 36.5 Å². The zero-order chi connectivity index (χ0) is 18.6. The molecule has 2 N–H and O–H groups in total. The second-order valence-electron chi connectivity index (χ2n) is 7.12. The van der Waals surface area contributed by atoms with E-state index >= 15 is 0 Å². The maximum atomic E-state index is 13.2. The number of halogens is 2. The van der Waals surface area contributed by atoms with Gasteiger partial charge in [-0.25, -0.2) is 9.18 Å². The fourth-order valence-electron chi connectivity index (χ4n) is 2.77. The molecule has 3 unspecified atom stereocenters. The summed E-state index contributed by atoms with van der Waals surface area (Å²) in [5.74, 6) is -0.282. The zero-order valence-electron chi connectivity index (χ0n) is 15.1. The standard InChI is InChI=1S/C18H26BrFN2O3/c1-5-24-15-9-14(22-17(23)25-18(2,3)4)16(15)21-10-11-6-7-12(20)8-13(11)19/h6-8,14-16,21H,5,9-10H2,1-4H3,(H,22,23). The number of carbonyl (C=O) groups excluding carboxylic acids is 1. The van der Waals surface area contributed by atoms with Gasteiger partial charge in [-0.1, -0.05) is 22.0 Å². The Morgan fingerprint density at radius 2 is 2.12 bits per heavy atom. The molecule has 0 aromatic heterocycles. The van der Waals surface area contributed by atoms with Gasteiger partial charge >= 0.3 is 6.09 Å². The molecule has 1 aliphatic carbocycles. The molecule has 0 saturated heterocycles. The molecule has 2 rings (SSSR count). The average Bonchev–Trinajstić information content (AvgIpc) is 2.46. The number of ether oxygens (including phenoxy) is 2. The van der Waals surface area contributed by atoms with Crippen molar-refractivity contribution in [2.24, 2.45) is 0 Å². The second-order valence-corrected chi connectivity index (χ2v) is 7.98. The third-order valence-electron chi connectivity index (χ3n) is 3.95. The summed E-state index contributed by atoms with van der Waals surface area (Å²) in [6.45, 7) is 8.60. The lowest BCUT2D eigenvalue weighted by Gasteiger charge is -2.45. The fourth-order valence-corrected chi connectivity index (χ4v) is 3.26. The average molecular weight is 417 g/mol. The van der Waals surface area contributed by atoms with Crippen LogP contribution in [0.1, 0.15) is 39.7 Å². The number of rotatable bonds is 6. The van der Waals surface area contributed by atoms with Crippen molar-refractivity contribution < 1.29 is 18.7 Å². The third kappa shape index (κ3) is 5.94. The monoisotopic (exact) mass is 416 g/mol. The van der Waals surface area contributed by atoms with E-state index in [1.165, 1.54) is 12.1 Å². The Morgan fingerprint density at radius 3 is 2.72 bits per heavy atom. The van der Waals surface area contributed by atoms with Gasteiger partial charge in [-0.3, -0.25) is 0 Å². The van der Waals surface area contributed by atoms with E-state index in [2.05, 4.69) is 26.6 Å². The number of amides is 1. The van der Waals surface area contributed by atoms with Gasteiger partial charge in [0.05, 0.1) is 18.2 Å². The van der Waals surface area contributed by atoms with E-state index in [0.717, 1.165) is 12.0 Å². The van der Waals surface area contributed by atoms with Gasteiger partial charge in [0.2, 0.25) is 0 Å². The normalized spacial score (nSPS) is 23.0. The highest BCUT2D eigenvalue weighted by atomic mass is 79.9. The van der Waals surface area contributed by atoms with Gasteiger partial charge in [0, 0.05) is 17.6 Å². The lowest BCUT2D eigenvalue weighted by atomic mass is 9.82. The first-order chi connectivity index (χ1) is 11.7. The molecule has 1 fully saturated rings. The second kappa shape index (κ2) is 8.47. The van der Waals surface area contributed by atoms with E-state index in [4.69, 9.17) is 9.47 Å². The maximum absolute atomic E-state index is 13.2. The van der Waals surface area contributed by atoms with Crippen LogP contribution < -0.4 is 10.6 Å². The van der Waals surface area contributed by atoms with Crippen LogP contribution in [0.4, 0.5) is 9.18 Å². The van der Waals surface area contributed by atoms with Crippen LogP contribution in [0.15, 0.2) is 22.7 Å². The van der Waals surface area contributed by atoms with Gasteiger partial charge in [-0.05, 0) is 51.8 Å². The van der Waals surface area contributed by atoms with Crippen molar-refractivity contribution in [3.8, 4) is 0 Å². The first kappa shape index (κ1) is 20.1. The number of benzene rings is 1. The van der Waals surface area contributed by atoms with Gasteiger partial charge in [0.1, 0.15) is 11.4 Å². The Morgan fingerprint density at radius 1 is 1.40 bits per heavy atom. The molecule has 0 heterocycles. The molecule has 140 valence electrons. The number of hydrogen-bond acceptors (Lipinski definition) is 4. The Bertz CT molecular complexity index is 606. The number of nitrogens with one attached hydrogen (secondary N) is 2. The highest BCUT2D eigenvalue weighted by Crippen LogP contribution is 2.26. The van der Waals surface area contributed by atoms with Gasteiger partial charge in [0.25, 0.3) is 0 Å². The summed E-state index contributed by atoms with van der Waals surface area (Å²) in [5.41, 5.74) is 0.411. The van der Waals surface area contributed by atoms with Crippen LogP contribution in [0.2, 0.25) is 0 Å². The van der Waals surface area contributed by atoms with Gasteiger partial charge < -0.3 is 20.1 Å². The molecule has 0 aliphatic heterocycles. The predicted octanol–water partition coefficient (Wildman–Crippen LogP) is 3.75. The summed E-state index contributed by atoms with van der Waals surface area (Å²) >= 11 is 3.37. The SMILES string of the molecule is CCOC1CC(NC(=O)OC(C)(C)C)C1NCc1ccc(F)cc1Br. The Hall–Kier alpha value is -1.18. The molecule has 25 heavy (non-hydrogen) atoms. The Kier molecular flexibility index (Phi) is 6.82.